The van der Waals surface area contributed by atoms with E-state index in [4.69, 9.17) is 0 Å². The SMILES string of the molecule is CCNC(CC)Cc1ncnc2c1cnn2C. The van der Waals surface area contributed by atoms with Crippen LogP contribution in [0.25, 0.3) is 11.0 Å². The summed E-state index contributed by atoms with van der Waals surface area (Å²) in [5.41, 5.74) is 1.98. The van der Waals surface area contributed by atoms with E-state index in [1.165, 1.54) is 0 Å². The van der Waals surface area contributed by atoms with E-state index in [1.807, 2.05) is 13.2 Å². The van der Waals surface area contributed by atoms with Crippen LogP contribution in [-0.4, -0.2) is 32.3 Å². The second-order valence-electron chi connectivity index (χ2n) is 4.19. The molecule has 0 radical (unpaired) electrons. The number of hydrogen-bond donors (Lipinski definition) is 1. The Labute approximate surface area is 101 Å². The van der Waals surface area contributed by atoms with Crippen molar-refractivity contribution in [1.82, 2.24) is 25.1 Å². The maximum absolute atomic E-state index is 4.39. The molecule has 0 aromatic carbocycles. The Bertz CT molecular complexity index is 491. The van der Waals surface area contributed by atoms with Crippen molar-refractivity contribution in [3.8, 4) is 0 Å². The van der Waals surface area contributed by atoms with Crippen molar-refractivity contribution in [1.29, 1.82) is 0 Å². The van der Waals surface area contributed by atoms with Crippen LogP contribution in [0, 0.1) is 0 Å². The zero-order valence-electron chi connectivity index (χ0n) is 10.6. The van der Waals surface area contributed by atoms with E-state index < -0.39 is 0 Å². The van der Waals surface area contributed by atoms with E-state index in [-0.39, 0.29) is 0 Å². The normalized spacial score (nSPS) is 13.1. The first-order valence-electron chi connectivity index (χ1n) is 6.11. The van der Waals surface area contributed by atoms with Gasteiger partial charge in [-0.25, -0.2) is 9.97 Å². The van der Waals surface area contributed by atoms with Crippen molar-refractivity contribution in [2.75, 3.05) is 6.54 Å². The zero-order valence-corrected chi connectivity index (χ0v) is 10.6. The van der Waals surface area contributed by atoms with Crippen LogP contribution < -0.4 is 5.32 Å². The molecule has 0 spiro atoms. The highest BCUT2D eigenvalue weighted by molar-refractivity contribution is 5.76. The summed E-state index contributed by atoms with van der Waals surface area (Å²) < 4.78 is 1.79. The second kappa shape index (κ2) is 5.23. The lowest BCUT2D eigenvalue weighted by molar-refractivity contribution is 0.507. The summed E-state index contributed by atoms with van der Waals surface area (Å²) >= 11 is 0. The van der Waals surface area contributed by atoms with Crippen LogP contribution in [0.4, 0.5) is 0 Å². The number of likely N-dealkylation sites (N-methyl/N-ethyl adjacent to an activating group) is 1. The Balaban J connectivity index is 2.29. The molecule has 92 valence electrons. The molecular weight excluding hydrogens is 214 g/mol. The van der Waals surface area contributed by atoms with Gasteiger partial charge in [-0.05, 0) is 13.0 Å². The lowest BCUT2D eigenvalue weighted by Crippen LogP contribution is -2.30. The maximum Gasteiger partial charge on any atom is 0.161 e. The van der Waals surface area contributed by atoms with Crippen LogP contribution in [0.2, 0.25) is 0 Å². The molecule has 17 heavy (non-hydrogen) atoms. The Hall–Kier alpha value is -1.49. The number of rotatable bonds is 5. The van der Waals surface area contributed by atoms with Crippen molar-refractivity contribution >= 4 is 11.0 Å². The fourth-order valence-electron chi connectivity index (χ4n) is 2.06. The van der Waals surface area contributed by atoms with Crippen LogP contribution in [0.3, 0.4) is 0 Å². The monoisotopic (exact) mass is 233 g/mol. The van der Waals surface area contributed by atoms with Gasteiger partial charge in [-0.3, -0.25) is 4.68 Å². The minimum Gasteiger partial charge on any atom is -0.314 e. The summed E-state index contributed by atoms with van der Waals surface area (Å²) in [5.74, 6) is 0. The van der Waals surface area contributed by atoms with Gasteiger partial charge in [0.05, 0.1) is 17.3 Å². The predicted octanol–water partition coefficient (Wildman–Crippen LogP) is 1.29. The maximum atomic E-state index is 4.39. The van der Waals surface area contributed by atoms with Gasteiger partial charge in [0.1, 0.15) is 6.33 Å². The third kappa shape index (κ3) is 2.44. The number of aromatic nitrogens is 4. The fraction of sp³-hybridized carbons (Fsp3) is 0.583. The highest BCUT2D eigenvalue weighted by Gasteiger charge is 2.12. The van der Waals surface area contributed by atoms with Crippen molar-refractivity contribution < 1.29 is 0 Å². The highest BCUT2D eigenvalue weighted by atomic mass is 15.3. The van der Waals surface area contributed by atoms with Crippen molar-refractivity contribution in [2.24, 2.45) is 7.05 Å². The topological polar surface area (TPSA) is 55.6 Å². The minimum atomic E-state index is 0.471. The molecule has 0 aliphatic heterocycles. The summed E-state index contributed by atoms with van der Waals surface area (Å²) in [6.45, 7) is 5.30. The van der Waals surface area contributed by atoms with Crippen LogP contribution in [0.1, 0.15) is 26.0 Å². The molecule has 0 aliphatic rings. The molecule has 1 unspecified atom stereocenters. The van der Waals surface area contributed by atoms with Crippen molar-refractivity contribution in [3.63, 3.8) is 0 Å². The van der Waals surface area contributed by atoms with Crippen molar-refractivity contribution in [3.05, 3.63) is 18.2 Å². The van der Waals surface area contributed by atoms with Gasteiger partial charge in [0.25, 0.3) is 0 Å². The molecule has 2 heterocycles. The zero-order chi connectivity index (χ0) is 12.3. The first-order valence-corrected chi connectivity index (χ1v) is 6.11. The third-order valence-corrected chi connectivity index (χ3v) is 3.04. The van der Waals surface area contributed by atoms with Gasteiger partial charge in [-0.15, -0.1) is 0 Å². The Morgan fingerprint density at radius 1 is 1.35 bits per heavy atom. The number of aryl methyl sites for hydroxylation is 1. The first-order chi connectivity index (χ1) is 8.26. The van der Waals surface area contributed by atoms with Gasteiger partial charge in [-0.1, -0.05) is 13.8 Å². The molecule has 5 nitrogen and oxygen atoms in total. The highest BCUT2D eigenvalue weighted by Crippen LogP contribution is 2.15. The van der Waals surface area contributed by atoms with Crippen LogP contribution in [0.15, 0.2) is 12.5 Å². The first kappa shape index (κ1) is 12.0. The van der Waals surface area contributed by atoms with E-state index in [0.717, 1.165) is 36.1 Å². The lowest BCUT2D eigenvalue weighted by atomic mass is 10.1. The Morgan fingerprint density at radius 2 is 2.18 bits per heavy atom. The summed E-state index contributed by atoms with van der Waals surface area (Å²) in [6, 6.07) is 0.471. The van der Waals surface area contributed by atoms with Gasteiger partial charge in [0.2, 0.25) is 0 Å². The summed E-state index contributed by atoms with van der Waals surface area (Å²) in [5, 5.41) is 8.76. The second-order valence-corrected chi connectivity index (χ2v) is 4.19. The van der Waals surface area contributed by atoms with Crippen LogP contribution in [0.5, 0.6) is 0 Å². The molecule has 0 amide bonds. The smallest absolute Gasteiger partial charge is 0.161 e. The molecule has 0 bridgehead atoms. The van der Waals surface area contributed by atoms with E-state index in [0.29, 0.717) is 6.04 Å². The number of nitrogens with one attached hydrogen (secondary N) is 1. The Morgan fingerprint density at radius 3 is 2.88 bits per heavy atom. The quantitative estimate of drug-likeness (QED) is 0.845. The summed E-state index contributed by atoms with van der Waals surface area (Å²) in [7, 11) is 1.90. The average Bonchev–Trinajstić information content (AvgIpc) is 2.72. The predicted molar refractivity (Wildman–Crippen MR) is 67.8 cm³/mol. The molecule has 5 heteroatoms. The van der Waals surface area contributed by atoms with Gasteiger partial charge in [-0.2, -0.15) is 5.10 Å². The largest absolute Gasteiger partial charge is 0.314 e. The van der Waals surface area contributed by atoms with Gasteiger partial charge < -0.3 is 5.32 Å². The molecule has 2 aromatic rings. The molecule has 0 aliphatic carbocycles. The molecule has 0 fully saturated rings. The lowest BCUT2D eigenvalue weighted by Gasteiger charge is -2.15. The fourth-order valence-corrected chi connectivity index (χ4v) is 2.06. The molecule has 0 saturated heterocycles. The van der Waals surface area contributed by atoms with E-state index in [2.05, 4.69) is 34.2 Å². The van der Waals surface area contributed by atoms with Crippen LogP contribution in [-0.2, 0) is 13.5 Å². The van der Waals surface area contributed by atoms with Gasteiger partial charge in [0, 0.05) is 19.5 Å². The molecule has 1 N–H and O–H groups in total. The van der Waals surface area contributed by atoms with Gasteiger partial charge in [0.15, 0.2) is 5.65 Å². The average molecular weight is 233 g/mol. The Kier molecular flexibility index (Phi) is 3.68. The third-order valence-electron chi connectivity index (χ3n) is 3.04. The van der Waals surface area contributed by atoms with Gasteiger partial charge >= 0.3 is 0 Å². The number of hydrogen-bond acceptors (Lipinski definition) is 4. The molecule has 2 rings (SSSR count). The molecule has 2 aromatic heterocycles. The minimum absolute atomic E-state index is 0.471. The summed E-state index contributed by atoms with van der Waals surface area (Å²) in [4.78, 5) is 8.64. The number of fused-ring (bicyclic) bond motifs is 1. The van der Waals surface area contributed by atoms with E-state index >= 15 is 0 Å². The van der Waals surface area contributed by atoms with E-state index in [9.17, 15) is 0 Å². The van der Waals surface area contributed by atoms with Crippen LogP contribution >= 0.6 is 0 Å². The summed E-state index contributed by atoms with van der Waals surface area (Å²) in [6.07, 6.45) is 5.50. The number of nitrogens with zero attached hydrogens (tertiary/aromatic N) is 4. The van der Waals surface area contributed by atoms with E-state index in [1.54, 1.807) is 11.0 Å². The molecular formula is C12H19N5. The molecule has 0 saturated carbocycles. The molecule has 1 atom stereocenters. The standard InChI is InChI=1S/C12H19N5/c1-4-9(13-5-2)6-11-10-7-16-17(3)12(10)15-8-14-11/h7-9,13H,4-6H2,1-3H3. The van der Waals surface area contributed by atoms with Crippen molar-refractivity contribution in [2.45, 2.75) is 32.7 Å².